The molecule has 3 nitrogen and oxygen atoms in total. The highest BCUT2D eigenvalue weighted by Crippen LogP contribution is 2.21. The normalized spacial score (nSPS) is 13.9. The van der Waals surface area contributed by atoms with Crippen LogP contribution in [-0.4, -0.2) is 22.3 Å². The quantitative estimate of drug-likeness (QED) is 0.802. The molecule has 0 saturated carbocycles. The summed E-state index contributed by atoms with van der Waals surface area (Å²) in [5.41, 5.74) is 0.849. The van der Waals surface area contributed by atoms with Crippen molar-refractivity contribution >= 4 is 33.1 Å². The van der Waals surface area contributed by atoms with Crippen molar-refractivity contribution in [3.63, 3.8) is 0 Å². The maximum Gasteiger partial charge on any atom is 0.144 e. The third-order valence-corrected chi connectivity index (χ3v) is 4.08. The minimum atomic E-state index is -1.25. The fourth-order valence-electron chi connectivity index (χ4n) is 1.01. The van der Waals surface area contributed by atoms with Gasteiger partial charge in [-0.25, -0.2) is 4.21 Å². The van der Waals surface area contributed by atoms with Crippen molar-refractivity contribution in [1.29, 1.82) is 0 Å². The molecule has 0 heterocycles. The summed E-state index contributed by atoms with van der Waals surface area (Å²) in [6, 6.07) is 5.57. The van der Waals surface area contributed by atoms with Gasteiger partial charge in [0.15, 0.2) is 0 Å². The molecule has 1 aromatic rings. The van der Waals surface area contributed by atoms with Gasteiger partial charge < -0.3 is 4.74 Å². The standard InChI is InChI=1S/C12H16BrNO2S/c1-12(2,3)17(15)14-8-9-7-10(16-4)5-6-11(9)13/h5-8H,1-4H3/b14-8+/t17-/m0/s1. The molecular weight excluding hydrogens is 302 g/mol. The van der Waals surface area contributed by atoms with Crippen LogP contribution in [0.5, 0.6) is 5.75 Å². The predicted octanol–water partition coefficient (Wildman–Crippen LogP) is 3.34. The molecule has 0 saturated heterocycles. The van der Waals surface area contributed by atoms with Gasteiger partial charge >= 0.3 is 0 Å². The Kier molecular flexibility index (Phi) is 4.89. The summed E-state index contributed by atoms with van der Waals surface area (Å²) in [5.74, 6) is 0.746. The maximum atomic E-state index is 11.8. The average molecular weight is 318 g/mol. The van der Waals surface area contributed by atoms with Crippen molar-refractivity contribution in [3.05, 3.63) is 28.2 Å². The summed E-state index contributed by atoms with van der Waals surface area (Å²) >= 11 is 3.41. The highest BCUT2D eigenvalue weighted by Gasteiger charge is 2.18. The second kappa shape index (κ2) is 5.78. The molecule has 0 spiro atoms. The molecule has 0 N–H and O–H groups in total. The number of benzene rings is 1. The Labute approximate surface area is 113 Å². The highest BCUT2D eigenvalue weighted by molar-refractivity contribution is 9.10. The molecule has 1 rings (SSSR count). The van der Waals surface area contributed by atoms with E-state index in [1.54, 1.807) is 13.3 Å². The zero-order chi connectivity index (χ0) is 13.1. The van der Waals surface area contributed by atoms with Crippen molar-refractivity contribution in [3.8, 4) is 5.75 Å². The highest BCUT2D eigenvalue weighted by atomic mass is 79.9. The van der Waals surface area contributed by atoms with Crippen LogP contribution in [0.3, 0.4) is 0 Å². The summed E-state index contributed by atoms with van der Waals surface area (Å²) in [5, 5.41) is 0. The minimum absolute atomic E-state index is 0.345. The van der Waals surface area contributed by atoms with Gasteiger partial charge in [-0.15, -0.1) is 0 Å². The average Bonchev–Trinajstić information content (AvgIpc) is 2.26. The molecule has 17 heavy (non-hydrogen) atoms. The number of methoxy groups -OCH3 is 1. The SMILES string of the molecule is COc1ccc(Br)c(/C=N/[S@@](=O)C(C)(C)C)c1. The van der Waals surface area contributed by atoms with E-state index in [0.29, 0.717) is 0 Å². The maximum absolute atomic E-state index is 11.8. The third-order valence-electron chi connectivity index (χ3n) is 2.01. The molecule has 94 valence electrons. The van der Waals surface area contributed by atoms with Crippen LogP contribution in [0.1, 0.15) is 26.3 Å². The number of halogens is 1. The van der Waals surface area contributed by atoms with Gasteiger partial charge in [-0.05, 0) is 39.0 Å². The van der Waals surface area contributed by atoms with Gasteiger partial charge in [0.2, 0.25) is 0 Å². The first kappa shape index (κ1) is 14.4. The molecule has 0 amide bonds. The van der Waals surface area contributed by atoms with Crippen LogP contribution < -0.4 is 4.74 Å². The van der Waals surface area contributed by atoms with Crippen LogP contribution >= 0.6 is 15.9 Å². The van der Waals surface area contributed by atoms with E-state index in [9.17, 15) is 4.21 Å². The predicted molar refractivity (Wildman–Crippen MR) is 76.2 cm³/mol. The molecule has 1 aromatic carbocycles. The number of hydrogen-bond donors (Lipinski definition) is 0. The van der Waals surface area contributed by atoms with Crippen LogP contribution in [0, 0.1) is 0 Å². The molecule has 1 atom stereocenters. The Morgan fingerprint density at radius 1 is 1.41 bits per heavy atom. The summed E-state index contributed by atoms with van der Waals surface area (Å²) in [7, 11) is 0.362. The van der Waals surface area contributed by atoms with Crippen LogP contribution in [0.15, 0.2) is 27.1 Å². The Bertz CT molecular complexity index is 452. The molecule has 0 aromatic heterocycles. The van der Waals surface area contributed by atoms with Crippen molar-refractivity contribution in [2.45, 2.75) is 25.5 Å². The first-order valence-electron chi connectivity index (χ1n) is 5.14. The van der Waals surface area contributed by atoms with E-state index in [1.807, 2.05) is 39.0 Å². The monoisotopic (exact) mass is 317 g/mol. The molecule has 0 bridgehead atoms. The number of rotatable bonds is 3. The van der Waals surface area contributed by atoms with Crippen LogP contribution in [0.4, 0.5) is 0 Å². The Hall–Kier alpha value is -0.680. The lowest BCUT2D eigenvalue weighted by Crippen LogP contribution is -2.19. The molecule has 0 aliphatic carbocycles. The van der Waals surface area contributed by atoms with E-state index >= 15 is 0 Å². The van der Waals surface area contributed by atoms with Crippen LogP contribution in [0.2, 0.25) is 0 Å². The second-order valence-corrected chi connectivity index (χ2v) is 7.27. The fraction of sp³-hybridized carbons (Fsp3) is 0.417. The molecule has 0 radical (unpaired) electrons. The Morgan fingerprint density at radius 2 is 2.06 bits per heavy atom. The first-order chi connectivity index (χ1) is 7.84. The van der Waals surface area contributed by atoms with Gasteiger partial charge in [-0.1, -0.05) is 15.9 Å². The fourth-order valence-corrected chi connectivity index (χ4v) is 1.89. The van der Waals surface area contributed by atoms with Gasteiger partial charge in [0.25, 0.3) is 0 Å². The Morgan fingerprint density at radius 3 is 2.59 bits per heavy atom. The van der Waals surface area contributed by atoms with Crippen molar-refractivity contribution in [2.75, 3.05) is 7.11 Å². The lowest BCUT2D eigenvalue weighted by molar-refractivity contribution is 0.414. The molecule has 0 unspecified atom stereocenters. The van der Waals surface area contributed by atoms with Gasteiger partial charge in [-0.2, -0.15) is 4.40 Å². The van der Waals surface area contributed by atoms with Crippen molar-refractivity contribution in [2.24, 2.45) is 4.40 Å². The largest absolute Gasteiger partial charge is 0.497 e. The van der Waals surface area contributed by atoms with Crippen LogP contribution in [-0.2, 0) is 11.0 Å². The van der Waals surface area contributed by atoms with E-state index in [-0.39, 0.29) is 4.75 Å². The van der Waals surface area contributed by atoms with Gasteiger partial charge in [0.1, 0.15) is 16.7 Å². The summed E-state index contributed by atoms with van der Waals surface area (Å²) in [4.78, 5) is 0. The molecule has 0 aliphatic heterocycles. The van der Waals surface area contributed by atoms with E-state index in [2.05, 4.69) is 20.3 Å². The molecule has 5 heteroatoms. The molecule has 0 fully saturated rings. The van der Waals surface area contributed by atoms with E-state index in [1.165, 1.54) is 0 Å². The summed E-state index contributed by atoms with van der Waals surface area (Å²) in [6.07, 6.45) is 1.61. The molecular formula is C12H16BrNO2S. The minimum Gasteiger partial charge on any atom is -0.497 e. The van der Waals surface area contributed by atoms with Crippen molar-refractivity contribution in [1.82, 2.24) is 0 Å². The van der Waals surface area contributed by atoms with E-state index < -0.39 is 11.0 Å². The zero-order valence-electron chi connectivity index (χ0n) is 10.4. The third kappa shape index (κ3) is 4.24. The van der Waals surface area contributed by atoms with Gasteiger partial charge in [0.05, 0.1) is 11.9 Å². The summed E-state index contributed by atoms with van der Waals surface area (Å²) in [6.45, 7) is 5.67. The van der Waals surface area contributed by atoms with E-state index in [0.717, 1.165) is 15.8 Å². The zero-order valence-corrected chi connectivity index (χ0v) is 12.8. The lowest BCUT2D eigenvalue weighted by atomic mass is 10.2. The Balaban J connectivity index is 2.95. The van der Waals surface area contributed by atoms with Gasteiger partial charge in [-0.3, -0.25) is 0 Å². The smallest absolute Gasteiger partial charge is 0.144 e. The number of nitrogens with zero attached hydrogens (tertiary/aromatic N) is 1. The van der Waals surface area contributed by atoms with Crippen molar-refractivity contribution < 1.29 is 8.95 Å². The van der Waals surface area contributed by atoms with Crippen LogP contribution in [0.25, 0.3) is 0 Å². The summed E-state index contributed by atoms with van der Waals surface area (Å²) < 4.78 is 21.5. The van der Waals surface area contributed by atoms with Gasteiger partial charge in [0, 0.05) is 16.3 Å². The van der Waals surface area contributed by atoms with E-state index in [4.69, 9.17) is 4.74 Å². The first-order valence-corrected chi connectivity index (χ1v) is 7.04. The molecule has 0 aliphatic rings. The number of ether oxygens (including phenoxy) is 1. The topological polar surface area (TPSA) is 38.7 Å². The second-order valence-electron chi connectivity index (χ2n) is 4.48. The number of hydrogen-bond acceptors (Lipinski definition) is 2. The lowest BCUT2D eigenvalue weighted by Gasteiger charge is -2.12.